The number of H-pyrrole nitrogens is 1. The van der Waals surface area contributed by atoms with Crippen LogP contribution in [0.1, 0.15) is 36.8 Å². The van der Waals surface area contributed by atoms with E-state index in [1.165, 1.54) is 11.1 Å². The molecule has 2 aromatic carbocycles. The van der Waals surface area contributed by atoms with E-state index in [4.69, 9.17) is 9.47 Å². The smallest absolute Gasteiger partial charge is 0.232 e. The highest BCUT2D eigenvalue weighted by atomic mass is 16.5. The molecule has 5 nitrogen and oxygen atoms in total. The molecule has 0 radical (unpaired) electrons. The Labute approximate surface area is 170 Å². The maximum atomic E-state index is 12.4. The molecule has 2 fully saturated rings. The Hall–Kier alpha value is -2.79. The molecular formula is C24H26N2O3. The van der Waals surface area contributed by atoms with Gasteiger partial charge in [0, 0.05) is 17.1 Å². The van der Waals surface area contributed by atoms with Crippen molar-refractivity contribution >= 4 is 22.5 Å². The number of aromatic nitrogens is 1. The number of fused-ring (bicyclic) bond motifs is 1. The molecule has 1 saturated carbocycles. The topological polar surface area (TPSA) is 63.3 Å². The van der Waals surface area contributed by atoms with Gasteiger partial charge >= 0.3 is 0 Å². The zero-order valence-corrected chi connectivity index (χ0v) is 16.8. The third kappa shape index (κ3) is 3.51. The Balaban J connectivity index is 1.24. The molecule has 1 aliphatic carbocycles. The Bertz CT molecular complexity index is 1030. The summed E-state index contributed by atoms with van der Waals surface area (Å²) in [6, 6.07) is 14.8. The van der Waals surface area contributed by atoms with Gasteiger partial charge in [-0.25, -0.2) is 0 Å². The molecule has 2 heterocycles. The van der Waals surface area contributed by atoms with Crippen molar-refractivity contribution < 1.29 is 14.3 Å². The van der Waals surface area contributed by atoms with Gasteiger partial charge in [0.15, 0.2) is 0 Å². The van der Waals surface area contributed by atoms with E-state index < -0.39 is 0 Å². The third-order valence-corrected chi connectivity index (χ3v) is 6.30. The number of nitrogens with one attached hydrogen (secondary N) is 2. The van der Waals surface area contributed by atoms with E-state index >= 15 is 0 Å². The maximum absolute atomic E-state index is 12.4. The van der Waals surface area contributed by atoms with Gasteiger partial charge in [0.1, 0.15) is 5.75 Å². The van der Waals surface area contributed by atoms with Crippen LogP contribution in [-0.4, -0.2) is 29.7 Å². The van der Waals surface area contributed by atoms with E-state index in [1.54, 1.807) is 0 Å². The van der Waals surface area contributed by atoms with Crippen LogP contribution in [0.3, 0.4) is 0 Å². The molecule has 150 valence electrons. The minimum atomic E-state index is -0.0759. The van der Waals surface area contributed by atoms with Gasteiger partial charge in [0.2, 0.25) is 5.91 Å². The van der Waals surface area contributed by atoms with Gasteiger partial charge in [0.25, 0.3) is 0 Å². The summed E-state index contributed by atoms with van der Waals surface area (Å²) in [5, 5.41) is 4.00. The van der Waals surface area contributed by atoms with Crippen LogP contribution in [0.15, 0.2) is 48.7 Å². The number of hydrogen-bond donors (Lipinski definition) is 2. The van der Waals surface area contributed by atoms with Crippen LogP contribution in [0, 0.1) is 12.8 Å². The fourth-order valence-corrected chi connectivity index (χ4v) is 4.14. The minimum absolute atomic E-state index is 0.0101. The van der Waals surface area contributed by atoms with Crippen molar-refractivity contribution in [2.75, 3.05) is 11.9 Å². The molecule has 5 heteroatoms. The summed E-state index contributed by atoms with van der Waals surface area (Å²) in [7, 11) is 0. The summed E-state index contributed by atoms with van der Waals surface area (Å²) >= 11 is 0. The number of ether oxygens (including phenoxy) is 2. The van der Waals surface area contributed by atoms with Gasteiger partial charge in [-0.3, -0.25) is 4.79 Å². The lowest BCUT2D eigenvalue weighted by Gasteiger charge is -2.35. The molecule has 2 aliphatic rings. The summed E-state index contributed by atoms with van der Waals surface area (Å²) in [6.45, 7) is 4.54. The fraction of sp³-hybridized carbons (Fsp3) is 0.375. The van der Waals surface area contributed by atoms with Gasteiger partial charge < -0.3 is 19.8 Å². The number of anilines is 1. The van der Waals surface area contributed by atoms with E-state index in [0.29, 0.717) is 12.5 Å². The lowest BCUT2D eigenvalue weighted by atomic mass is 9.77. The van der Waals surface area contributed by atoms with Crippen molar-refractivity contribution in [3.63, 3.8) is 0 Å². The second-order valence-electron chi connectivity index (χ2n) is 8.36. The summed E-state index contributed by atoms with van der Waals surface area (Å²) in [5.74, 6) is 1.36. The van der Waals surface area contributed by atoms with Crippen LogP contribution < -0.4 is 10.1 Å². The summed E-state index contributed by atoms with van der Waals surface area (Å²) in [5.41, 5.74) is 4.47. The molecule has 2 atom stereocenters. The van der Waals surface area contributed by atoms with Gasteiger partial charge in [-0.2, -0.15) is 0 Å². The summed E-state index contributed by atoms with van der Waals surface area (Å²) < 4.78 is 11.5. The Morgan fingerprint density at radius 2 is 1.97 bits per heavy atom. The monoisotopic (exact) mass is 390 g/mol. The lowest BCUT2D eigenvalue weighted by molar-refractivity contribution is -0.147. The van der Waals surface area contributed by atoms with Crippen LogP contribution in [0.25, 0.3) is 10.9 Å². The number of hydrogen-bond acceptors (Lipinski definition) is 3. The molecule has 1 aromatic heterocycles. The standard InChI is InChI=1S/C24H26N2O3/c1-14-3-5-16(6-4-14)17-9-19(10-17)29-18-7-8-22-20(11-18)23(12-25-22)26-24(27)21-13-28-15(21)2/h3-8,11-12,15,17,19,21,25H,9-10,13H2,1-2H3,(H,26,27)/t15-,17?,19?,21+/m0/s1. The first kappa shape index (κ1) is 18.3. The third-order valence-electron chi connectivity index (χ3n) is 6.30. The number of rotatable bonds is 5. The average Bonchev–Trinajstić information content (AvgIpc) is 3.06. The molecule has 5 rings (SSSR count). The molecule has 1 saturated heterocycles. The van der Waals surface area contributed by atoms with Crippen molar-refractivity contribution in [2.24, 2.45) is 5.92 Å². The van der Waals surface area contributed by atoms with Crippen LogP contribution in [-0.2, 0) is 9.53 Å². The number of benzene rings is 2. The van der Waals surface area contributed by atoms with Crippen LogP contribution in [0.5, 0.6) is 5.75 Å². The Morgan fingerprint density at radius 3 is 2.66 bits per heavy atom. The molecule has 1 amide bonds. The molecule has 2 N–H and O–H groups in total. The van der Waals surface area contributed by atoms with Crippen molar-refractivity contribution in [3.8, 4) is 5.75 Å². The number of amides is 1. The van der Waals surface area contributed by atoms with Crippen LogP contribution in [0.2, 0.25) is 0 Å². The van der Waals surface area contributed by atoms with Crippen molar-refractivity contribution in [1.29, 1.82) is 0 Å². The Kier molecular flexibility index (Phi) is 4.55. The highest BCUT2D eigenvalue weighted by molar-refractivity contribution is 6.03. The van der Waals surface area contributed by atoms with Crippen LogP contribution in [0.4, 0.5) is 5.69 Å². The normalized spacial score (nSPS) is 25.9. The number of carbonyl (C=O) groups excluding carboxylic acids is 1. The van der Waals surface area contributed by atoms with E-state index in [-0.39, 0.29) is 24.0 Å². The first-order chi connectivity index (χ1) is 14.1. The molecule has 1 aliphatic heterocycles. The molecule has 29 heavy (non-hydrogen) atoms. The van der Waals surface area contributed by atoms with Gasteiger partial charge in [-0.05, 0) is 56.4 Å². The predicted molar refractivity (Wildman–Crippen MR) is 113 cm³/mol. The van der Waals surface area contributed by atoms with E-state index in [2.05, 4.69) is 41.5 Å². The minimum Gasteiger partial charge on any atom is -0.490 e. The maximum Gasteiger partial charge on any atom is 0.232 e. The molecule has 3 aromatic rings. The zero-order chi connectivity index (χ0) is 20.0. The summed E-state index contributed by atoms with van der Waals surface area (Å²) in [6.07, 6.45) is 4.14. The quantitative estimate of drug-likeness (QED) is 0.659. The van der Waals surface area contributed by atoms with Crippen molar-refractivity contribution in [3.05, 3.63) is 59.8 Å². The Morgan fingerprint density at radius 1 is 1.17 bits per heavy atom. The first-order valence-electron chi connectivity index (χ1n) is 10.3. The molecule has 0 bridgehead atoms. The van der Waals surface area contributed by atoms with E-state index in [9.17, 15) is 4.79 Å². The first-order valence-corrected chi connectivity index (χ1v) is 10.3. The van der Waals surface area contributed by atoms with Crippen LogP contribution >= 0.6 is 0 Å². The SMILES string of the molecule is Cc1ccc(C2CC(Oc3ccc4[nH]cc(NC(=O)[C@@H]5CO[C@H]5C)c4c3)C2)cc1. The van der Waals surface area contributed by atoms with Gasteiger partial charge in [-0.1, -0.05) is 29.8 Å². The molecule has 0 spiro atoms. The lowest BCUT2D eigenvalue weighted by Crippen LogP contribution is -2.45. The zero-order valence-electron chi connectivity index (χ0n) is 16.8. The largest absolute Gasteiger partial charge is 0.490 e. The highest BCUT2D eigenvalue weighted by Gasteiger charge is 2.35. The fourth-order valence-electron chi connectivity index (χ4n) is 4.14. The van der Waals surface area contributed by atoms with E-state index in [0.717, 1.165) is 35.2 Å². The predicted octanol–water partition coefficient (Wildman–Crippen LogP) is 4.77. The number of aryl methyl sites for hydroxylation is 1. The second-order valence-corrected chi connectivity index (χ2v) is 8.36. The second kappa shape index (κ2) is 7.23. The highest BCUT2D eigenvalue weighted by Crippen LogP contribution is 2.40. The van der Waals surface area contributed by atoms with Gasteiger partial charge in [-0.15, -0.1) is 0 Å². The summed E-state index contributed by atoms with van der Waals surface area (Å²) in [4.78, 5) is 15.6. The van der Waals surface area contributed by atoms with Crippen molar-refractivity contribution in [1.82, 2.24) is 4.98 Å². The van der Waals surface area contributed by atoms with Crippen molar-refractivity contribution in [2.45, 2.75) is 44.8 Å². The number of carbonyl (C=O) groups is 1. The van der Waals surface area contributed by atoms with E-state index in [1.807, 2.05) is 31.3 Å². The average molecular weight is 390 g/mol. The molecule has 0 unspecified atom stereocenters. The van der Waals surface area contributed by atoms with Gasteiger partial charge in [0.05, 0.1) is 30.4 Å². The number of aromatic amines is 1. The molecular weight excluding hydrogens is 364 g/mol.